The molecular formula is C19H23N5O2. The smallest absolute Gasteiger partial charge is 0.321 e. The van der Waals surface area contributed by atoms with Gasteiger partial charge in [0.05, 0.1) is 12.6 Å². The highest BCUT2D eigenvalue weighted by Gasteiger charge is 2.54. The van der Waals surface area contributed by atoms with Crippen LogP contribution in [0.4, 0.5) is 4.79 Å². The topological polar surface area (TPSA) is 88.5 Å². The standard InChI is InChI=1S/C19H23N5O2/c20-5-1-17(25)23-7-3-19(4-8-23)9-16(19)11-22-18(26)24-12-14-2-6-21-10-15(14)13-24/h2,6,10,12,16,21H,1,3-4,7-9,11,13H2,(H,22,26). The summed E-state index contributed by atoms with van der Waals surface area (Å²) in [6.07, 6.45) is 10.7. The maximum atomic E-state index is 12.4. The van der Waals surface area contributed by atoms with Gasteiger partial charge in [0.2, 0.25) is 5.91 Å². The normalized spacial score (nSPS) is 25.0. The molecule has 4 rings (SSSR count). The van der Waals surface area contributed by atoms with Crippen LogP contribution >= 0.6 is 0 Å². The van der Waals surface area contributed by atoms with Crippen molar-refractivity contribution in [2.75, 3.05) is 26.2 Å². The number of dihydropyridines is 1. The quantitative estimate of drug-likeness (QED) is 0.803. The van der Waals surface area contributed by atoms with Crippen LogP contribution in [0.3, 0.4) is 0 Å². The zero-order valence-corrected chi connectivity index (χ0v) is 14.7. The van der Waals surface area contributed by atoms with E-state index in [-0.39, 0.29) is 23.8 Å². The van der Waals surface area contributed by atoms with E-state index in [2.05, 4.69) is 10.6 Å². The van der Waals surface area contributed by atoms with Gasteiger partial charge in [0.1, 0.15) is 6.42 Å². The Balaban J connectivity index is 1.23. The van der Waals surface area contributed by atoms with Gasteiger partial charge < -0.3 is 15.5 Å². The van der Waals surface area contributed by atoms with Gasteiger partial charge in [-0.2, -0.15) is 5.26 Å². The van der Waals surface area contributed by atoms with E-state index in [0.29, 0.717) is 19.0 Å². The third kappa shape index (κ3) is 3.07. The average molecular weight is 353 g/mol. The number of rotatable bonds is 3. The van der Waals surface area contributed by atoms with Crippen molar-refractivity contribution in [3.8, 4) is 6.07 Å². The van der Waals surface area contributed by atoms with Gasteiger partial charge >= 0.3 is 6.03 Å². The molecule has 0 aromatic heterocycles. The highest BCUT2D eigenvalue weighted by Crippen LogP contribution is 2.59. The summed E-state index contributed by atoms with van der Waals surface area (Å²) >= 11 is 0. The SMILES string of the molecule is N#CCC(=O)N1CCC2(CC1)CC2CNC(=O)N1C=C2C=CNC=C2C1. The Bertz CT molecular complexity index is 752. The number of likely N-dealkylation sites (tertiary alicyclic amines) is 1. The Kier molecular flexibility index (Phi) is 4.19. The summed E-state index contributed by atoms with van der Waals surface area (Å²) in [7, 11) is 0. The lowest BCUT2D eigenvalue weighted by atomic mass is 9.90. The third-order valence-electron chi connectivity index (χ3n) is 6.08. The molecule has 0 aromatic rings. The fourth-order valence-electron chi connectivity index (χ4n) is 4.29. The number of urea groups is 1. The number of carbonyl (C=O) groups excluding carboxylic acids is 2. The van der Waals surface area contributed by atoms with Crippen LogP contribution in [0.1, 0.15) is 25.7 Å². The number of nitrogens with one attached hydrogen (secondary N) is 2. The lowest BCUT2D eigenvalue weighted by Gasteiger charge is -2.32. The molecule has 26 heavy (non-hydrogen) atoms. The van der Waals surface area contributed by atoms with Crippen LogP contribution < -0.4 is 10.6 Å². The van der Waals surface area contributed by atoms with Gasteiger partial charge in [-0.25, -0.2) is 4.79 Å². The number of carbonyl (C=O) groups is 2. The summed E-state index contributed by atoms with van der Waals surface area (Å²) in [6.45, 7) is 2.76. The number of amides is 3. The van der Waals surface area contributed by atoms with Gasteiger partial charge in [-0.05, 0) is 47.8 Å². The van der Waals surface area contributed by atoms with Crippen LogP contribution in [-0.2, 0) is 4.79 Å². The second kappa shape index (κ2) is 6.52. The number of fused-ring (bicyclic) bond motifs is 1. The number of piperidine rings is 1. The van der Waals surface area contributed by atoms with Crippen LogP contribution in [0.15, 0.2) is 35.8 Å². The van der Waals surface area contributed by atoms with Crippen molar-refractivity contribution in [1.82, 2.24) is 20.4 Å². The summed E-state index contributed by atoms with van der Waals surface area (Å²) in [6, 6.07) is 1.88. The molecular weight excluding hydrogens is 330 g/mol. The summed E-state index contributed by atoms with van der Waals surface area (Å²) in [5, 5.41) is 14.8. The molecule has 2 fully saturated rings. The molecule has 3 heterocycles. The second-order valence-electron chi connectivity index (χ2n) is 7.55. The summed E-state index contributed by atoms with van der Waals surface area (Å²) < 4.78 is 0. The van der Waals surface area contributed by atoms with Crippen LogP contribution in [-0.4, -0.2) is 47.9 Å². The molecule has 1 unspecified atom stereocenters. The molecule has 7 heteroatoms. The Labute approximate surface area is 153 Å². The highest BCUT2D eigenvalue weighted by molar-refractivity contribution is 5.78. The molecule has 0 bridgehead atoms. The monoisotopic (exact) mass is 353 g/mol. The van der Waals surface area contributed by atoms with Crippen molar-refractivity contribution < 1.29 is 9.59 Å². The predicted octanol–water partition coefficient (Wildman–Crippen LogP) is 1.44. The third-order valence-corrected chi connectivity index (χ3v) is 6.08. The Hall–Kier alpha value is -2.75. The number of hydrogen-bond acceptors (Lipinski definition) is 4. The zero-order chi connectivity index (χ0) is 18.1. The summed E-state index contributed by atoms with van der Waals surface area (Å²) in [5.74, 6) is 0.437. The Morgan fingerprint density at radius 2 is 2.19 bits per heavy atom. The second-order valence-corrected chi connectivity index (χ2v) is 7.55. The van der Waals surface area contributed by atoms with Crippen LogP contribution in [0.5, 0.6) is 0 Å². The predicted molar refractivity (Wildman–Crippen MR) is 95.1 cm³/mol. The molecule has 4 aliphatic rings. The molecule has 136 valence electrons. The molecule has 1 atom stereocenters. The minimum Gasteiger partial charge on any atom is -0.367 e. The fraction of sp³-hybridized carbons (Fsp3) is 0.526. The molecule has 0 aromatic carbocycles. The van der Waals surface area contributed by atoms with E-state index in [4.69, 9.17) is 5.26 Å². The first-order valence-electron chi connectivity index (χ1n) is 9.14. The first-order chi connectivity index (χ1) is 12.6. The van der Waals surface area contributed by atoms with Crippen molar-refractivity contribution in [3.63, 3.8) is 0 Å². The van der Waals surface area contributed by atoms with E-state index >= 15 is 0 Å². The van der Waals surface area contributed by atoms with Gasteiger partial charge in [-0.15, -0.1) is 0 Å². The fourth-order valence-corrected chi connectivity index (χ4v) is 4.29. The lowest BCUT2D eigenvalue weighted by Crippen LogP contribution is -2.41. The van der Waals surface area contributed by atoms with Crippen LogP contribution in [0.2, 0.25) is 0 Å². The number of allylic oxidation sites excluding steroid dienone is 1. The van der Waals surface area contributed by atoms with Crippen molar-refractivity contribution in [2.24, 2.45) is 11.3 Å². The van der Waals surface area contributed by atoms with E-state index in [9.17, 15) is 9.59 Å². The minimum atomic E-state index is -0.0609. The molecule has 1 spiro atoms. The molecule has 3 amide bonds. The zero-order valence-electron chi connectivity index (χ0n) is 14.7. The Morgan fingerprint density at radius 1 is 1.38 bits per heavy atom. The minimum absolute atomic E-state index is 0.0288. The van der Waals surface area contributed by atoms with Gasteiger partial charge in [0, 0.05) is 38.2 Å². The molecule has 1 saturated carbocycles. The van der Waals surface area contributed by atoms with E-state index < -0.39 is 0 Å². The van der Waals surface area contributed by atoms with Gasteiger partial charge in [0.15, 0.2) is 0 Å². The number of nitriles is 1. The summed E-state index contributed by atoms with van der Waals surface area (Å²) in [5.41, 5.74) is 2.49. The van der Waals surface area contributed by atoms with Gasteiger partial charge in [0.25, 0.3) is 0 Å². The van der Waals surface area contributed by atoms with Crippen molar-refractivity contribution in [3.05, 3.63) is 35.8 Å². The largest absolute Gasteiger partial charge is 0.367 e. The van der Waals surface area contributed by atoms with Crippen LogP contribution in [0, 0.1) is 22.7 Å². The Morgan fingerprint density at radius 3 is 2.92 bits per heavy atom. The average Bonchev–Trinajstić information content (AvgIpc) is 3.13. The molecule has 7 nitrogen and oxygen atoms in total. The number of hydrogen-bond donors (Lipinski definition) is 2. The summed E-state index contributed by atoms with van der Waals surface area (Å²) in [4.78, 5) is 27.7. The van der Waals surface area contributed by atoms with Gasteiger partial charge in [-0.1, -0.05) is 0 Å². The molecule has 0 radical (unpaired) electrons. The molecule has 1 saturated heterocycles. The van der Waals surface area contributed by atoms with Crippen molar-refractivity contribution in [1.29, 1.82) is 5.26 Å². The molecule has 3 aliphatic heterocycles. The first kappa shape index (κ1) is 16.7. The molecule has 1 aliphatic carbocycles. The van der Waals surface area contributed by atoms with Crippen molar-refractivity contribution in [2.45, 2.75) is 25.7 Å². The van der Waals surface area contributed by atoms with Crippen molar-refractivity contribution >= 4 is 11.9 Å². The highest BCUT2D eigenvalue weighted by atomic mass is 16.2. The van der Waals surface area contributed by atoms with Crippen LogP contribution in [0.25, 0.3) is 0 Å². The van der Waals surface area contributed by atoms with E-state index in [1.54, 1.807) is 9.80 Å². The maximum Gasteiger partial charge on any atom is 0.321 e. The lowest BCUT2D eigenvalue weighted by molar-refractivity contribution is -0.131. The maximum absolute atomic E-state index is 12.4. The van der Waals surface area contributed by atoms with Gasteiger partial charge in [-0.3, -0.25) is 9.69 Å². The molecule has 2 N–H and O–H groups in total. The van der Waals surface area contributed by atoms with E-state index in [1.165, 1.54) is 0 Å². The van der Waals surface area contributed by atoms with E-state index in [0.717, 1.165) is 43.5 Å². The first-order valence-corrected chi connectivity index (χ1v) is 9.14. The van der Waals surface area contributed by atoms with E-state index in [1.807, 2.05) is 30.7 Å². The number of nitrogens with zero attached hydrogens (tertiary/aromatic N) is 3.